The Morgan fingerprint density at radius 2 is 2.16 bits per heavy atom. The van der Waals surface area contributed by atoms with E-state index >= 15 is 0 Å². The van der Waals surface area contributed by atoms with E-state index in [1.165, 1.54) is 0 Å². The summed E-state index contributed by atoms with van der Waals surface area (Å²) in [6.45, 7) is 1.22. The first-order valence-corrected chi connectivity index (χ1v) is 7.20. The van der Waals surface area contributed by atoms with Gasteiger partial charge in [-0.15, -0.1) is 0 Å². The van der Waals surface area contributed by atoms with Crippen LogP contribution in [-0.2, 0) is 0 Å². The molecule has 1 N–H and O–H groups in total. The van der Waals surface area contributed by atoms with Gasteiger partial charge in [-0.3, -0.25) is 9.69 Å². The van der Waals surface area contributed by atoms with E-state index < -0.39 is 0 Å². The molecule has 1 aromatic rings. The summed E-state index contributed by atoms with van der Waals surface area (Å²) in [4.78, 5) is 14.3. The van der Waals surface area contributed by atoms with Crippen LogP contribution in [0.5, 0.6) is 0 Å². The van der Waals surface area contributed by atoms with E-state index in [1.54, 1.807) is 18.2 Å². The van der Waals surface area contributed by atoms with Crippen molar-refractivity contribution in [3.63, 3.8) is 0 Å². The highest BCUT2D eigenvalue weighted by Gasteiger charge is 2.24. The molecular formula is C14H17Cl2NO2. The van der Waals surface area contributed by atoms with Crippen molar-refractivity contribution in [2.24, 2.45) is 0 Å². The molecule has 1 fully saturated rings. The summed E-state index contributed by atoms with van der Waals surface area (Å²) >= 11 is 11.9. The molecule has 0 aliphatic carbocycles. The van der Waals surface area contributed by atoms with Crippen LogP contribution in [0.15, 0.2) is 18.2 Å². The van der Waals surface area contributed by atoms with Crippen LogP contribution in [0.3, 0.4) is 0 Å². The fourth-order valence-electron chi connectivity index (χ4n) is 2.46. The topological polar surface area (TPSA) is 40.5 Å². The molecular weight excluding hydrogens is 285 g/mol. The van der Waals surface area contributed by atoms with E-state index in [9.17, 15) is 9.90 Å². The smallest absolute Gasteiger partial charge is 0.178 e. The number of aliphatic hydroxyl groups is 1. The highest BCUT2D eigenvalue weighted by Crippen LogP contribution is 2.23. The number of benzene rings is 1. The third-order valence-electron chi connectivity index (χ3n) is 3.54. The Labute approximate surface area is 123 Å². The van der Waals surface area contributed by atoms with E-state index in [0.717, 1.165) is 25.8 Å². The van der Waals surface area contributed by atoms with Crippen LogP contribution < -0.4 is 0 Å². The number of hydrogen-bond acceptors (Lipinski definition) is 3. The van der Waals surface area contributed by atoms with Gasteiger partial charge < -0.3 is 5.11 Å². The van der Waals surface area contributed by atoms with Gasteiger partial charge in [-0.25, -0.2) is 0 Å². The summed E-state index contributed by atoms with van der Waals surface area (Å²) in [5.41, 5.74) is 0.455. The molecule has 1 unspecified atom stereocenters. The molecule has 0 amide bonds. The van der Waals surface area contributed by atoms with Gasteiger partial charge in [0.2, 0.25) is 0 Å². The molecule has 1 aliphatic rings. The lowest BCUT2D eigenvalue weighted by Crippen LogP contribution is -2.44. The second-order valence-electron chi connectivity index (χ2n) is 4.85. The first-order valence-electron chi connectivity index (χ1n) is 6.45. The van der Waals surface area contributed by atoms with Gasteiger partial charge in [0.25, 0.3) is 0 Å². The van der Waals surface area contributed by atoms with Gasteiger partial charge in [0.1, 0.15) is 0 Å². The molecule has 1 atom stereocenters. The molecule has 1 aliphatic heterocycles. The fourth-order valence-corrected chi connectivity index (χ4v) is 2.85. The summed E-state index contributed by atoms with van der Waals surface area (Å²) in [7, 11) is 0. The largest absolute Gasteiger partial charge is 0.395 e. The Kier molecular flexibility index (Phi) is 5.22. The Morgan fingerprint density at radius 3 is 2.89 bits per heavy atom. The average Bonchev–Trinajstić information content (AvgIpc) is 2.42. The minimum atomic E-state index is -0.0483. The maximum absolute atomic E-state index is 12.3. The van der Waals surface area contributed by atoms with Crippen LogP contribution >= 0.6 is 23.2 Å². The number of carbonyl (C=O) groups is 1. The van der Waals surface area contributed by atoms with E-state index in [-0.39, 0.29) is 25.0 Å². The van der Waals surface area contributed by atoms with Gasteiger partial charge in [-0.1, -0.05) is 29.6 Å². The molecule has 0 aromatic heterocycles. The monoisotopic (exact) mass is 301 g/mol. The molecule has 0 spiro atoms. The van der Waals surface area contributed by atoms with Crippen molar-refractivity contribution < 1.29 is 9.90 Å². The zero-order chi connectivity index (χ0) is 13.8. The summed E-state index contributed by atoms with van der Waals surface area (Å²) < 4.78 is 0. The lowest BCUT2D eigenvalue weighted by Gasteiger charge is -2.33. The van der Waals surface area contributed by atoms with Crippen LogP contribution in [-0.4, -0.2) is 41.5 Å². The Morgan fingerprint density at radius 1 is 1.37 bits per heavy atom. The maximum atomic E-state index is 12.3. The van der Waals surface area contributed by atoms with Crippen molar-refractivity contribution in [1.29, 1.82) is 0 Å². The first kappa shape index (κ1) is 14.8. The summed E-state index contributed by atoms with van der Waals surface area (Å²) in [5.74, 6) is -0.0483. The molecule has 0 saturated carbocycles. The zero-order valence-electron chi connectivity index (χ0n) is 10.6. The Bertz CT molecular complexity index is 465. The second-order valence-corrected chi connectivity index (χ2v) is 5.69. The van der Waals surface area contributed by atoms with E-state index in [1.807, 2.05) is 4.90 Å². The third kappa shape index (κ3) is 3.69. The molecule has 104 valence electrons. The molecule has 1 saturated heterocycles. The summed E-state index contributed by atoms with van der Waals surface area (Å²) in [6, 6.07) is 4.98. The van der Waals surface area contributed by atoms with Gasteiger partial charge in [0.05, 0.1) is 18.2 Å². The summed E-state index contributed by atoms with van der Waals surface area (Å²) in [6.07, 6.45) is 3.11. The third-order valence-corrected chi connectivity index (χ3v) is 4.10. The lowest BCUT2D eigenvalue weighted by atomic mass is 10.0. The van der Waals surface area contributed by atoms with Gasteiger partial charge >= 0.3 is 0 Å². The molecule has 1 aromatic carbocycles. The number of carbonyl (C=O) groups excluding carboxylic acids is 1. The van der Waals surface area contributed by atoms with E-state index in [4.69, 9.17) is 23.2 Å². The SMILES string of the molecule is O=C(CN1CCCCC1CO)c1cc(Cl)ccc1Cl. The number of piperidine rings is 1. The average molecular weight is 302 g/mol. The van der Waals surface area contributed by atoms with Crippen LogP contribution in [0.25, 0.3) is 0 Å². The van der Waals surface area contributed by atoms with Crippen molar-refractivity contribution in [2.75, 3.05) is 19.7 Å². The highest BCUT2D eigenvalue weighted by molar-refractivity contribution is 6.36. The highest BCUT2D eigenvalue weighted by atomic mass is 35.5. The molecule has 0 bridgehead atoms. The van der Waals surface area contributed by atoms with Gasteiger partial charge in [-0.05, 0) is 37.6 Å². The normalized spacial score (nSPS) is 20.5. The van der Waals surface area contributed by atoms with Crippen LogP contribution in [0.4, 0.5) is 0 Å². The number of halogens is 2. The molecule has 0 radical (unpaired) electrons. The fraction of sp³-hybridized carbons (Fsp3) is 0.500. The van der Waals surface area contributed by atoms with Crippen molar-refractivity contribution >= 4 is 29.0 Å². The van der Waals surface area contributed by atoms with Crippen LogP contribution in [0.1, 0.15) is 29.6 Å². The number of nitrogens with zero attached hydrogens (tertiary/aromatic N) is 1. The standard InChI is InChI=1S/C14H17Cl2NO2/c15-10-4-5-13(16)12(7-10)14(19)8-17-6-2-1-3-11(17)9-18/h4-5,7,11,18H,1-3,6,8-9H2. The predicted octanol–water partition coefficient (Wildman–Crippen LogP) is 3.02. The zero-order valence-corrected chi connectivity index (χ0v) is 12.1. The predicted molar refractivity (Wildman–Crippen MR) is 77.1 cm³/mol. The van der Waals surface area contributed by atoms with Crippen molar-refractivity contribution in [1.82, 2.24) is 4.90 Å². The quantitative estimate of drug-likeness (QED) is 0.869. The molecule has 1 heterocycles. The van der Waals surface area contributed by atoms with Crippen molar-refractivity contribution in [2.45, 2.75) is 25.3 Å². The molecule has 19 heavy (non-hydrogen) atoms. The number of ketones is 1. The number of Topliss-reactive ketones (excluding diaryl/α,β-unsaturated/α-hetero) is 1. The Balaban J connectivity index is 2.09. The first-order chi connectivity index (χ1) is 9.11. The van der Waals surface area contributed by atoms with E-state index in [2.05, 4.69) is 0 Å². The minimum absolute atomic E-state index is 0.0483. The van der Waals surface area contributed by atoms with Gasteiger partial charge in [-0.2, -0.15) is 0 Å². The lowest BCUT2D eigenvalue weighted by molar-refractivity contribution is 0.0711. The second kappa shape index (κ2) is 6.71. The van der Waals surface area contributed by atoms with Crippen molar-refractivity contribution in [3.8, 4) is 0 Å². The van der Waals surface area contributed by atoms with Crippen LogP contribution in [0, 0.1) is 0 Å². The maximum Gasteiger partial charge on any atom is 0.178 e. The molecule has 2 rings (SSSR count). The number of likely N-dealkylation sites (tertiary alicyclic amines) is 1. The number of rotatable bonds is 4. The van der Waals surface area contributed by atoms with Gasteiger partial charge in [0.15, 0.2) is 5.78 Å². The Hall–Kier alpha value is -0.610. The van der Waals surface area contributed by atoms with E-state index in [0.29, 0.717) is 15.6 Å². The number of aliphatic hydroxyl groups excluding tert-OH is 1. The van der Waals surface area contributed by atoms with Crippen LogP contribution in [0.2, 0.25) is 10.0 Å². The minimum Gasteiger partial charge on any atom is -0.395 e. The number of hydrogen-bond donors (Lipinski definition) is 1. The van der Waals surface area contributed by atoms with Gasteiger partial charge in [0, 0.05) is 16.6 Å². The molecule has 5 heteroatoms. The van der Waals surface area contributed by atoms with Crippen molar-refractivity contribution in [3.05, 3.63) is 33.8 Å². The molecule has 3 nitrogen and oxygen atoms in total. The summed E-state index contributed by atoms with van der Waals surface area (Å²) in [5, 5.41) is 10.3.